The fourth-order valence-electron chi connectivity index (χ4n) is 2.96. The molecule has 0 radical (unpaired) electrons. The molecule has 24 heavy (non-hydrogen) atoms. The first-order valence-corrected chi connectivity index (χ1v) is 8.05. The van der Waals surface area contributed by atoms with E-state index in [0.29, 0.717) is 35.8 Å². The summed E-state index contributed by atoms with van der Waals surface area (Å²) in [5.74, 6) is 0.563. The van der Waals surface area contributed by atoms with Gasteiger partial charge in [-0.1, -0.05) is 0 Å². The van der Waals surface area contributed by atoms with Crippen LogP contribution in [0.5, 0.6) is 0 Å². The molecule has 0 aliphatic carbocycles. The molecule has 0 aromatic carbocycles. The number of anilines is 1. The lowest BCUT2D eigenvalue weighted by Crippen LogP contribution is -2.32. The molecule has 0 saturated carbocycles. The number of rotatable bonds is 3. The van der Waals surface area contributed by atoms with Crippen LogP contribution in [0.2, 0.25) is 0 Å². The predicted octanol–water partition coefficient (Wildman–Crippen LogP) is 2.42. The van der Waals surface area contributed by atoms with E-state index >= 15 is 0 Å². The highest BCUT2D eigenvalue weighted by Crippen LogP contribution is 2.34. The normalized spacial score (nSPS) is 17.8. The zero-order valence-corrected chi connectivity index (χ0v) is 14.0. The molecule has 0 unspecified atom stereocenters. The summed E-state index contributed by atoms with van der Waals surface area (Å²) in [6, 6.07) is 2.05. The molecule has 2 N–H and O–H groups in total. The van der Waals surface area contributed by atoms with Gasteiger partial charge in [0.05, 0.1) is 29.4 Å². The van der Waals surface area contributed by atoms with Crippen molar-refractivity contribution in [2.45, 2.75) is 45.5 Å². The van der Waals surface area contributed by atoms with Crippen LogP contribution in [0.15, 0.2) is 16.8 Å². The molecular weight excluding hydrogens is 308 g/mol. The fraction of sp³-hybridized carbons (Fsp3) is 0.471. The van der Waals surface area contributed by atoms with Crippen molar-refractivity contribution in [1.82, 2.24) is 15.0 Å². The molecule has 4 heterocycles. The third-order valence-electron chi connectivity index (χ3n) is 4.19. The molecule has 4 rings (SSSR count). The molecule has 0 spiro atoms. The summed E-state index contributed by atoms with van der Waals surface area (Å²) < 4.78 is 11.8. The van der Waals surface area contributed by atoms with E-state index in [1.807, 2.05) is 6.07 Å². The number of pyridine rings is 1. The van der Waals surface area contributed by atoms with E-state index in [-0.39, 0.29) is 5.60 Å². The van der Waals surface area contributed by atoms with Crippen molar-refractivity contribution in [1.29, 1.82) is 0 Å². The van der Waals surface area contributed by atoms with Crippen molar-refractivity contribution in [2.75, 3.05) is 11.9 Å². The third kappa shape index (κ3) is 2.59. The van der Waals surface area contributed by atoms with Gasteiger partial charge in [-0.05, 0) is 26.8 Å². The highest BCUT2D eigenvalue weighted by Gasteiger charge is 2.28. The zero-order chi connectivity index (χ0) is 16.9. The van der Waals surface area contributed by atoms with E-state index in [2.05, 4.69) is 29.1 Å². The van der Waals surface area contributed by atoms with E-state index in [9.17, 15) is 5.11 Å². The summed E-state index contributed by atoms with van der Waals surface area (Å²) in [7, 11) is 0. The molecule has 0 bridgehead atoms. The number of aliphatic hydroxyl groups is 1. The van der Waals surface area contributed by atoms with E-state index in [1.54, 1.807) is 6.92 Å². The van der Waals surface area contributed by atoms with Crippen molar-refractivity contribution in [3.05, 3.63) is 23.7 Å². The van der Waals surface area contributed by atoms with Gasteiger partial charge in [0.15, 0.2) is 11.4 Å². The zero-order valence-electron chi connectivity index (χ0n) is 14.0. The lowest BCUT2D eigenvalue weighted by Gasteiger charge is -2.30. The van der Waals surface area contributed by atoms with E-state index in [1.165, 1.54) is 6.33 Å². The van der Waals surface area contributed by atoms with Crippen LogP contribution in [0, 0.1) is 0 Å². The largest absolute Gasteiger partial charge is 0.432 e. The smallest absolute Gasteiger partial charge is 0.229 e. The van der Waals surface area contributed by atoms with Gasteiger partial charge in [0.25, 0.3) is 0 Å². The Labute approximate surface area is 139 Å². The molecule has 7 heteroatoms. The van der Waals surface area contributed by atoms with E-state index in [0.717, 1.165) is 23.1 Å². The van der Waals surface area contributed by atoms with Gasteiger partial charge in [0.2, 0.25) is 5.71 Å². The van der Waals surface area contributed by atoms with Crippen LogP contribution < -0.4 is 5.32 Å². The fourth-order valence-corrected chi connectivity index (χ4v) is 2.96. The summed E-state index contributed by atoms with van der Waals surface area (Å²) in [5.41, 5.74) is 3.69. The number of furan rings is 1. The molecule has 0 saturated heterocycles. The number of nitrogens with one attached hydrogen (secondary N) is 1. The van der Waals surface area contributed by atoms with Gasteiger partial charge in [-0.2, -0.15) is 0 Å². The summed E-state index contributed by atoms with van der Waals surface area (Å²) >= 11 is 0. The molecule has 126 valence electrons. The Bertz CT molecular complexity index is 917. The van der Waals surface area contributed by atoms with Crippen LogP contribution in [0.3, 0.4) is 0 Å². The van der Waals surface area contributed by atoms with Crippen LogP contribution >= 0.6 is 0 Å². The third-order valence-corrected chi connectivity index (χ3v) is 4.19. The first-order valence-electron chi connectivity index (χ1n) is 8.05. The Balaban J connectivity index is 1.84. The second kappa shape index (κ2) is 5.39. The number of hydrogen-bond donors (Lipinski definition) is 2. The average molecular weight is 328 g/mol. The molecule has 1 aliphatic heterocycles. The topological polar surface area (TPSA) is 93.3 Å². The lowest BCUT2D eigenvalue weighted by atomic mass is 9.95. The minimum Gasteiger partial charge on any atom is -0.432 e. The van der Waals surface area contributed by atoms with Crippen molar-refractivity contribution < 1.29 is 14.3 Å². The second-order valence-corrected chi connectivity index (χ2v) is 6.90. The Hall–Kier alpha value is -2.25. The van der Waals surface area contributed by atoms with Crippen LogP contribution in [0.4, 0.5) is 5.82 Å². The number of ether oxygens (including phenoxy) is 1. The lowest BCUT2D eigenvalue weighted by molar-refractivity contribution is -0.0411. The first kappa shape index (κ1) is 15.3. The van der Waals surface area contributed by atoms with Crippen LogP contribution in [0.1, 0.15) is 32.0 Å². The quantitative estimate of drug-likeness (QED) is 0.762. The maximum absolute atomic E-state index is 9.46. The molecule has 0 amide bonds. The first-order chi connectivity index (χ1) is 11.4. The molecule has 1 atom stereocenters. The monoisotopic (exact) mass is 328 g/mol. The Morgan fingerprint density at radius 1 is 1.38 bits per heavy atom. The number of hydrogen-bond acceptors (Lipinski definition) is 7. The summed E-state index contributed by atoms with van der Waals surface area (Å²) in [6.45, 7) is 6.75. The van der Waals surface area contributed by atoms with Gasteiger partial charge in [-0.25, -0.2) is 15.0 Å². The average Bonchev–Trinajstić information content (AvgIpc) is 2.88. The van der Waals surface area contributed by atoms with Gasteiger partial charge < -0.3 is 19.6 Å². The second-order valence-electron chi connectivity index (χ2n) is 6.90. The van der Waals surface area contributed by atoms with E-state index in [4.69, 9.17) is 14.1 Å². The molecule has 0 fully saturated rings. The van der Waals surface area contributed by atoms with Crippen LogP contribution in [-0.4, -0.2) is 38.3 Å². The van der Waals surface area contributed by atoms with Gasteiger partial charge in [0.1, 0.15) is 11.8 Å². The Morgan fingerprint density at radius 2 is 2.21 bits per heavy atom. The standard InChI is InChI=1S/C17H20N4O3/c1-9(22)6-18-15-14-13(19-8-20-15)11-4-10-7-23-17(2,3)5-12(10)21-16(11)24-14/h4,8-9,22H,5-7H2,1-3H3,(H,18,19,20)/t9-/m0/s1. The Kier molecular flexibility index (Phi) is 3.43. The van der Waals surface area contributed by atoms with Crippen molar-refractivity contribution in [2.24, 2.45) is 0 Å². The molecular formula is C17H20N4O3. The highest BCUT2D eigenvalue weighted by atomic mass is 16.5. The minimum absolute atomic E-state index is 0.219. The summed E-state index contributed by atoms with van der Waals surface area (Å²) in [4.78, 5) is 13.3. The molecule has 3 aromatic heterocycles. The van der Waals surface area contributed by atoms with Gasteiger partial charge in [-0.3, -0.25) is 0 Å². The van der Waals surface area contributed by atoms with Gasteiger partial charge in [0, 0.05) is 18.5 Å². The molecule has 7 nitrogen and oxygen atoms in total. The molecule has 1 aliphatic rings. The van der Waals surface area contributed by atoms with Crippen molar-refractivity contribution in [3.63, 3.8) is 0 Å². The molecule has 3 aromatic rings. The highest BCUT2D eigenvalue weighted by molar-refractivity contribution is 6.04. The maximum atomic E-state index is 9.46. The van der Waals surface area contributed by atoms with Gasteiger partial charge in [-0.15, -0.1) is 0 Å². The summed E-state index contributed by atoms with van der Waals surface area (Å²) in [6.07, 6.45) is 1.75. The van der Waals surface area contributed by atoms with Gasteiger partial charge >= 0.3 is 0 Å². The number of fused-ring (bicyclic) bond motifs is 4. The number of aromatic nitrogens is 3. The summed E-state index contributed by atoms with van der Waals surface area (Å²) in [5, 5.41) is 13.4. The Morgan fingerprint density at radius 3 is 3.00 bits per heavy atom. The van der Waals surface area contributed by atoms with Crippen LogP contribution in [0.25, 0.3) is 22.2 Å². The SMILES string of the molecule is C[C@H](O)CNc1ncnc2c1oc1nc3c(cc12)COC(C)(C)C3. The maximum Gasteiger partial charge on any atom is 0.229 e. The number of nitrogens with zero attached hydrogens (tertiary/aromatic N) is 3. The van der Waals surface area contributed by atoms with Crippen LogP contribution in [-0.2, 0) is 17.8 Å². The predicted molar refractivity (Wildman–Crippen MR) is 89.8 cm³/mol. The number of aliphatic hydroxyl groups excluding tert-OH is 1. The van der Waals surface area contributed by atoms with Crippen molar-refractivity contribution >= 4 is 28.0 Å². The van der Waals surface area contributed by atoms with Crippen molar-refractivity contribution in [3.8, 4) is 0 Å². The minimum atomic E-state index is -0.482. The van der Waals surface area contributed by atoms with E-state index < -0.39 is 6.10 Å².